The molecule has 0 aliphatic heterocycles. The minimum absolute atomic E-state index is 0.0306. The summed E-state index contributed by atoms with van der Waals surface area (Å²) in [5.74, 6) is -1.24. The Labute approximate surface area is 135 Å². The van der Waals surface area contributed by atoms with Gasteiger partial charge in [-0.3, -0.25) is 9.20 Å². The first-order valence-electron chi connectivity index (χ1n) is 7.19. The first-order valence-corrected chi connectivity index (χ1v) is 7.57. The Kier molecular flexibility index (Phi) is 2.86. The van der Waals surface area contributed by atoms with Crippen LogP contribution in [-0.2, 0) is 13.0 Å². The number of carboxylic acids is 1. The third-order valence-electron chi connectivity index (χ3n) is 4.22. The van der Waals surface area contributed by atoms with Crippen LogP contribution in [0.2, 0.25) is 5.15 Å². The molecule has 116 valence electrons. The van der Waals surface area contributed by atoms with Gasteiger partial charge < -0.3 is 9.67 Å². The molecule has 0 radical (unpaired) electrons. The van der Waals surface area contributed by atoms with E-state index in [2.05, 4.69) is 4.98 Å². The van der Waals surface area contributed by atoms with Crippen LogP contribution in [0.15, 0.2) is 29.1 Å². The summed E-state index contributed by atoms with van der Waals surface area (Å²) in [6, 6.07) is 7.81. The number of aromatic carboxylic acids is 1. The number of carboxylic acid groups (broad SMARTS) is 1. The number of hydrogen-bond donors (Lipinski definition) is 1. The molecule has 0 saturated carbocycles. The van der Waals surface area contributed by atoms with Crippen molar-refractivity contribution in [2.45, 2.75) is 19.9 Å². The maximum atomic E-state index is 12.7. The van der Waals surface area contributed by atoms with Crippen LogP contribution < -0.4 is 5.56 Å². The number of fused-ring (bicyclic) bond motifs is 5. The van der Waals surface area contributed by atoms with Gasteiger partial charge >= 0.3 is 5.97 Å². The highest BCUT2D eigenvalue weighted by atomic mass is 35.5. The van der Waals surface area contributed by atoms with Gasteiger partial charge in [-0.25, -0.2) is 9.78 Å². The monoisotopic (exact) mass is 329 g/mol. The summed E-state index contributed by atoms with van der Waals surface area (Å²) in [5.41, 5.74) is 3.07. The fourth-order valence-electron chi connectivity index (χ4n) is 3.26. The van der Waals surface area contributed by atoms with Crippen molar-refractivity contribution in [3.63, 3.8) is 0 Å². The van der Waals surface area contributed by atoms with Crippen LogP contribution in [0.25, 0.3) is 16.9 Å². The van der Waals surface area contributed by atoms with Crippen LogP contribution >= 0.6 is 11.6 Å². The third-order valence-corrected chi connectivity index (χ3v) is 4.57. The van der Waals surface area contributed by atoms with Crippen LogP contribution in [0.5, 0.6) is 0 Å². The van der Waals surface area contributed by atoms with Crippen molar-refractivity contribution in [2.24, 2.45) is 0 Å². The molecule has 1 N–H and O–H groups in total. The molecule has 3 aromatic rings. The summed E-state index contributed by atoms with van der Waals surface area (Å²) in [4.78, 5) is 28.0. The zero-order chi connectivity index (χ0) is 16.3. The van der Waals surface area contributed by atoms with Crippen molar-refractivity contribution in [2.75, 3.05) is 0 Å². The van der Waals surface area contributed by atoms with E-state index in [1.54, 1.807) is 4.57 Å². The SMILES string of the molecule is CCn1c2c(n3c(Cl)c(C(=O)O)nc3c1=O)Cc1ccccc1-2. The van der Waals surface area contributed by atoms with E-state index in [9.17, 15) is 14.7 Å². The average molecular weight is 330 g/mol. The van der Waals surface area contributed by atoms with E-state index in [1.807, 2.05) is 31.2 Å². The van der Waals surface area contributed by atoms with Gasteiger partial charge in [0.05, 0.1) is 11.4 Å². The van der Waals surface area contributed by atoms with Crippen molar-refractivity contribution >= 4 is 23.2 Å². The van der Waals surface area contributed by atoms with E-state index in [-0.39, 0.29) is 22.1 Å². The van der Waals surface area contributed by atoms with E-state index in [1.165, 1.54) is 4.40 Å². The predicted molar refractivity (Wildman–Crippen MR) is 85.3 cm³/mol. The molecule has 0 amide bonds. The van der Waals surface area contributed by atoms with Crippen molar-refractivity contribution in [1.82, 2.24) is 14.0 Å². The topological polar surface area (TPSA) is 76.6 Å². The van der Waals surface area contributed by atoms with E-state index in [0.29, 0.717) is 13.0 Å². The number of imidazole rings is 1. The van der Waals surface area contributed by atoms with Gasteiger partial charge in [0.1, 0.15) is 5.15 Å². The van der Waals surface area contributed by atoms with Gasteiger partial charge in [0.2, 0.25) is 5.65 Å². The largest absolute Gasteiger partial charge is 0.476 e. The van der Waals surface area contributed by atoms with Gasteiger partial charge in [0.15, 0.2) is 5.69 Å². The lowest BCUT2D eigenvalue weighted by Crippen LogP contribution is -2.24. The first kappa shape index (κ1) is 14.0. The molecule has 2 aromatic heterocycles. The molecule has 6 nitrogen and oxygen atoms in total. The second-order valence-electron chi connectivity index (χ2n) is 5.39. The maximum Gasteiger partial charge on any atom is 0.357 e. The molecule has 23 heavy (non-hydrogen) atoms. The minimum atomic E-state index is -1.24. The highest BCUT2D eigenvalue weighted by Gasteiger charge is 2.29. The summed E-state index contributed by atoms with van der Waals surface area (Å²) in [7, 11) is 0. The predicted octanol–water partition coefficient (Wildman–Crippen LogP) is 2.44. The van der Waals surface area contributed by atoms with Crippen LogP contribution in [0, 0.1) is 0 Å². The van der Waals surface area contributed by atoms with Crippen LogP contribution in [-0.4, -0.2) is 25.0 Å². The van der Waals surface area contributed by atoms with Crippen molar-refractivity contribution in [3.8, 4) is 11.3 Å². The Balaban J connectivity index is 2.21. The summed E-state index contributed by atoms with van der Waals surface area (Å²) in [6.45, 7) is 2.35. The lowest BCUT2D eigenvalue weighted by molar-refractivity contribution is 0.0691. The smallest absolute Gasteiger partial charge is 0.357 e. The molecule has 0 fully saturated rings. The van der Waals surface area contributed by atoms with Gasteiger partial charge in [-0.05, 0) is 12.5 Å². The Morgan fingerprint density at radius 2 is 2.13 bits per heavy atom. The molecule has 0 saturated heterocycles. The summed E-state index contributed by atoms with van der Waals surface area (Å²) in [5, 5.41) is 9.21. The molecular formula is C16H12ClN3O3. The van der Waals surface area contributed by atoms with E-state index in [4.69, 9.17) is 11.6 Å². The molecule has 0 atom stereocenters. The molecule has 4 rings (SSSR count). The molecule has 0 unspecified atom stereocenters. The van der Waals surface area contributed by atoms with E-state index in [0.717, 1.165) is 22.5 Å². The van der Waals surface area contributed by atoms with Gasteiger partial charge in [-0.2, -0.15) is 0 Å². The molecule has 0 bridgehead atoms. The Morgan fingerprint density at radius 3 is 2.83 bits per heavy atom. The summed E-state index contributed by atoms with van der Waals surface area (Å²) >= 11 is 6.22. The molecule has 1 aliphatic carbocycles. The third kappa shape index (κ3) is 1.72. The standard InChI is InChI=1S/C16H12ClN3O3/c1-2-19-12-9-6-4-3-5-8(9)7-10(12)20-13(17)11(16(22)23)18-14(20)15(19)21/h3-6H,2,7H2,1H3,(H,22,23). The summed E-state index contributed by atoms with van der Waals surface area (Å²) in [6.07, 6.45) is 0.581. The zero-order valence-corrected chi connectivity index (χ0v) is 13.0. The number of nitrogens with zero attached hydrogens (tertiary/aromatic N) is 3. The number of rotatable bonds is 2. The Morgan fingerprint density at radius 1 is 1.39 bits per heavy atom. The number of aromatic nitrogens is 3. The zero-order valence-electron chi connectivity index (χ0n) is 12.2. The normalized spacial score (nSPS) is 12.4. The maximum absolute atomic E-state index is 12.7. The fourth-order valence-corrected chi connectivity index (χ4v) is 3.57. The molecule has 0 spiro atoms. The van der Waals surface area contributed by atoms with Crippen LogP contribution in [0.4, 0.5) is 0 Å². The van der Waals surface area contributed by atoms with Crippen LogP contribution in [0.1, 0.15) is 28.7 Å². The van der Waals surface area contributed by atoms with Crippen molar-refractivity contribution in [3.05, 3.63) is 56.7 Å². The minimum Gasteiger partial charge on any atom is -0.476 e. The molecule has 2 heterocycles. The number of carbonyl (C=O) groups is 1. The lowest BCUT2D eigenvalue weighted by Gasteiger charge is -2.12. The fraction of sp³-hybridized carbons (Fsp3) is 0.188. The Bertz CT molecular complexity index is 1050. The number of halogens is 1. The quantitative estimate of drug-likeness (QED) is 0.613. The lowest BCUT2D eigenvalue weighted by atomic mass is 10.1. The van der Waals surface area contributed by atoms with Gasteiger partial charge in [-0.15, -0.1) is 0 Å². The van der Waals surface area contributed by atoms with Gasteiger partial charge in [0.25, 0.3) is 5.56 Å². The van der Waals surface area contributed by atoms with Gasteiger partial charge in [-0.1, -0.05) is 35.9 Å². The highest BCUT2D eigenvalue weighted by molar-refractivity contribution is 6.32. The van der Waals surface area contributed by atoms with E-state index >= 15 is 0 Å². The summed E-state index contributed by atoms with van der Waals surface area (Å²) < 4.78 is 3.11. The van der Waals surface area contributed by atoms with Gasteiger partial charge in [0, 0.05) is 18.5 Å². The highest BCUT2D eigenvalue weighted by Crippen LogP contribution is 2.37. The second-order valence-corrected chi connectivity index (χ2v) is 5.75. The van der Waals surface area contributed by atoms with Crippen molar-refractivity contribution in [1.29, 1.82) is 0 Å². The number of benzene rings is 1. The number of hydrogen-bond acceptors (Lipinski definition) is 3. The molecular weight excluding hydrogens is 318 g/mol. The Hall–Kier alpha value is -2.60. The molecule has 7 heteroatoms. The van der Waals surface area contributed by atoms with E-state index < -0.39 is 5.97 Å². The molecule has 1 aliphatic rings. The van der Waals surface area contributed by atoms with Crippen molar-refractivity contribution < 1.29 is 9.90 Å². The first-order chi connectivity index (χ1) is 11.0. The second kappa shape index (κ2) is 4.70. The van der Waals surface area contributed by atoms with Crippen LogP contribution in [0.3, 0.4) is 0 Å². The average Bonchev–Trinajstić information content (AvgIpc) is 3.07. The molecule has 1 aromatic carbocycles.